The molecule has 4 rings (SSSR count). The van der Waals surface area contributed by atoms with Crippen LogP contribution in [0.25, 0.3) is 11.1 Å². The van der Waals surface area contributed by atoms with Gasteiger partial charge in [-0.15, -0.1) is 0 Å². The number of nitrogens with two attached hydrogens (primary N) is 1. The lowest BCUT2D eigenvalue weighted by Crippen LogP contribution is -2.39. The molecule has 0 spiro atoms. The number of nitrogens with zero attached hydrogens (tertiary/aromatic N) is 1. The topological polar surface area (TPSA) is 131 Å². The minimum Gasteiger partial charge on any atom is -0.352 e. The van der Waals surface area contributed by atoms with Gasteiger partial charge in [-0.1, -0.05) is 48.9 Å². The third-order valence-corrected chi connectivity index (χ3v) is 7.30. The van der Waals surface area contributed by atoms with Crippen molar-refractivity contribution in [3.8, 4) is 11.1 Å². The number of carbonyl (C=O) groups is 2. The Morgan fingerprint density at radius 1 is 0.829 bits per heavy atom. The molecule has 9 heteroatoms. The number of sulfonamides is 1. The molecule has 0 unspecified atom stereocenters. The lowest BCUT2D eigenvalue weighted by atomic mass is 9.94. The third kappa shape index (κ3) is 6.12. The Morgan fingerprint density at radius 2 is 1.37 bits per heavy atom. The van der Waals surface area contributed by atoms with Gasteiger partial charge in [0, 0.05) is 42.9 Å². The molecule has 4 N–H and O–H groups in total. The molecule has 8 nitrogen and oxygen atoms in total. The van der Waals surface area contributed by atoms with Crippen molar-refractivity contribution in [1.29, 1.82) is 0 Å². The lowest BCUT2D eigenvalue weighted by molar-refractivity contribution is -0.133. The first kappa shape index (κ1) is 24.6. The molecule has 182 valence electrons. The van der Waals surface area contributed by atoms with Gasteiger partial charge in [0.1, 0.15) is 0 Å². The van der Waals surface area contributed by atoms with E-state index in [2.05, 4.69) is 15.6 Å². The fourth-order valence-corrected chi connectivity index (χ4v) is 5.24. The molecular formula is C26H28N4O4S. The summed E-state index contributed by atoms with van der Waals surface area (Å²) in [5.41, 5.74) is 3.07. The second kappa shape index (κ2) is 10.8. The van der Waals surface area contributed by atoms with E-state index in [-0.39, 0.29) is 28.5 Å². The van der Waals surface area contributed by atoms with Gasteiger partial charge in [-0.05, 0) is 47.7 Å². The summed E-state index contributed by atoms with van der Waals surface area (Å²) < 4.78 is 23.8. The van der Waals surface area contributed by atoms with Gasteiger partial charge in [0.05, 0.1) is 4.90 Å². The summed E-state index contributed by atoms with van der Waals surface area (Å²) in [5.74, 6) is -0.921. The highest BCUT2D eigenvalue weighted by atomic mass is 32.2. The Morgan fingerprint density at radius 3 is 1.94 bits per heavy atom. The molecular weight excluding hydrogens is 464 g/mol. The van der Waals surface area contributed by atoms with Crippen molar-refractivity contribution in [2.45, 2.75) is 37.2 Å². The molecule has 0 bridgehead atoms. The molecule has 1 aliphatic rings. The van der Waals surface area contributed by atoms with Gasteiger partial charge in [-0.3, -0.25) is 14.6 Å². The average molecular weight is 493 g/mol. The molecule has 1 aromatic heterocycles. The van der Waals surface area contributed by atoms with Crippen LogP contribution in [0.3, 0.4) is 0 Å². The lowest BCUT2D eigenvalue weighted by Gasteiger charge is -2.19. The number of nitrogens with one attached hydrogen (secondary N) is 2. The zero-order valence-electron chi connectivity index (χ0n) is 19.2. The van der Waals surface area contributed by atoms with Crippen molar-refractivity contribution in [3.63, 3.8) is 0 Å². The number of primary sulfonamides is 1. The average Bonchev–Trinajstić information content (AvgIpc) is 3.37. The number of amides is 2. The summed E-state index contributed by atoms with van der Waals surface area (Å²) in [7, 11) is -3.85. The van der Waals surface area contributed by atoms with Crippen molar-refractivity contribution in [2.24, 2.45) is 17.0 Å². The maximum Gasteiger partial charge on any atom is 0.238 e. The predicted octanol–water partition coefficient (Wildman–Crippen LogP) is 2.74. The van der Waals surface area contributed by atoms with E-state index in [0.717, 1.165) is 17.5 Å². The first-order chi connectivity index (χ1) is 16.8. The van der Waals surface area contributed by atoms with Gasteiger partial charge in [0.15, 0.2) is 0 Å². The van der Waals surface area contributed by atoms with E-state index < -0.39 is 10.0 Å². The molecule has 1 fully saturated rings. The molecule has 1 saturated carbocycles. The van der Waals surface area contributed by atoms with Gasteiger partial charge in [-0.25, -0.2) is 13.6 Å². The van der Waals surface area contributed by atoms with Crippen LogP contribution in [0.5, 0.6) is 0 Å². The van der Waals surface area contributed by atoms with E-state index in [1.54, 1.807) is 42.7 Å². The van der Waals surface area contributed by atoms with Crippen molar-refractivity contribution in [2.75, 3.05) is 0 Å². The fourth-order valence-electron chi connectivity index (χ4n) is 4.48. The van der Waals surface area contributed by atoms with Gasteiger partial charge in [-0.2, -0.15) is 0 Å². The smallest absolute Gasteiger partial charge is 0.238 e. The maximum atomic E-state index is 12.9. The molecule has 1 aliphatic carbocycles. The third-order valence-electron chi connectivity index (χ3n) is 6.33. The SMILES string of the molecule is NS(=O)(=O)c1ccccc1-c1ccc(CNC(=O)[C@@H]2CCC[C@H]2C(=O)NCc2ccncc2)cc1. The van der Waals surface area contributed by atoms with E-state index in [1.807, 2.05) is 24.3 Å². The number of hydrogen-bond donors (Lipinski definition) is 3. The van der Waals surface area contributed by atoms with Crippen LogP contribution in [0.4, 0.5) is 0 Å². The predicted molar refractivity (Wildman–Crippen MR) is 132 cm³/mol. The van der Waals surface area contributed by atoms with E-state index in [1.165, 1.54) is 6.07 Å². The molecule has 0 radical (unpaired) electrons. The highest BCUT2D eigenvalue weighted by Crippen LogP contribution is 2.32. The summed E-state index contributed by atoms with van der Waals surface area (Å²) in [6.07, 6.45) is 5.57. The Hall–Kier alpha value is -3.56. The van der Waals surface area contributed by atoms with Crippen molar-refractivity contribution < 1.29 is 18.0 Å². The number of carbonyl (C=O) groups excluding carboxylic acids is 2. The zero-order valence-corrected chi connectivity index (χ0v) is 20.0. The van der Waals surface area contributed by atoms with Crippen LogP contribution < -0.4 is 15.8 Å². The van der Waals surface area contributed by atoms with Gasteiger partial charge >= 0.3 is 0 Å². The van der Waals surface area contributed by atoms with E-state index in [4.69, 9.17) is 5.14 Å². The second-order valence-corrected chi connectivity index (χ2v) is 10.2. The molecule has 0 aliphatic heterocycles. The van der Waals surface area contributed by atoms with Crippen LogP contribution in [0, 0.1) is 11.8 Å². The van der Waals surface area contributed by atoms with Gasteiger partial charge < -0.3 is 10.6 Å². The van der Waals surface area contributed by atoms with Crippen LogP contribution in [0.1, 0.15) is 30.4 Å². The first-order valence-corrected chi connectivity index (χ1v) is 13.0. The van der Waals surface area contributed by atoms with Crippen LogP contribution in [0.2, 0.25) is 0 Å². The molecule has 2 aromatic carbocycles. The Balaban J connectivity index is 1.35. The summed E-state index contributed by atoms with van der Waals surface area (Å²) in [6.45, 7) is 0.727. The quantitative estimate of drug-likeness (QED) is 0.445. The molecule has 0 saturated heterocycles. The van der Waals surface area contributed by atoms with Crippen LogP contribution in [-0.4, -0.2) is 25.2 Å². The number of rotatable bonds is 8. The Kier molecular flexibility index (Phi) is 7.57. The summed E-state index contributed by atoms with van der Waals surface area (Å²) in [4.78, 5) is 29.6. The zero-order chi connectivity index (χ0) is 24.8. The molecule has 3 aromatic rings. The second-order valence-electron chi connectivity index (χ2n) is 8.67. The number of aromatic nitrogens is 1. The largest absolute Gasteiger partial charge is 0.352 e. The number of pyridine rings is 1. The van der Waals surface area contributed by atoms with Gasteiger partial charge in [0.2, 0.25) is 21.8 Å². The van der Waals surface area contributed by atoms with Crippen LogP contribution in [-0.2, 0) is 32.7 Å². The standard InChI is InChI=1S/C26H28N4O4S/c27-35(33,34)24-7-2-1-4-21(24)20-10-8-18(9-11-20)16-29-25(31)22-5-3-6-23(22)26(32)30-17-19-12-14-28-15-13-19/h1-2,4,7-15,22-23H,3,5-6,16-17H2,(H,29,31)(H,30,32)(H2,27,33,34)/t22-,23-/m1/s1. The molecule has 35 heavy (non-hydrogen) atoms. The summed E-state index contributed by atoms with van der Waals surface area (Å²) in [6, 6.07) is 17.5. The summed E-state index contributed by atoms with van der Waals surface area (Å²) in [5, 5.41) is 11.2. The highest BCUT2D eigenvalue weighted by molar-refractivity contribution is 7.89. The Bertz CT molecular complexity index is 1290. The molecule has 2 amide bonds. The van der Waals surface area contributed by atoms with E-state index in [0.29, 0.717) is 37.1 Å². The minimum atomic E-state index is -3.85. The monoisotopic (exact) mass is 492 g/mol. The maximum absolute atomic E-state index is 12.9. The summed E-state index contributed by atoms with van der Waals surface area (Å²) >= 11 is 0. The molecule has 1 heterocycles. The van der Waals surface area contributed by atoms with Crippen molar-refractivity contribution in [1.82, 2.24) is 15.6 Å². The number of benzene rings is 2. The minimum absolute atomic E-state index is 0.0653. The van der Waals surface area contributed by atoms with Crippen LogP contribution in [0.15, 0.2) is 78.0 Å². The highest BCUT2D eigenvalue weighted by Gasteiger charge is 2.37. The van der Waals surface area contributed by atoms with E-state index >= 15 is 0 Å². The van der Waals surface area contributed by atoms with Crippen molar-refractivity contribution >= 4 is 21.8 Å². The Labute approximate surface area is 205 Å². The van der Waals surface area contributed by atoms with Crippen molar-refractivity contribution in [3.05, 3.63) is 84.2 Å². The van der Waals surface area contributed by atoms with Crippen LogP contribution >= 0.6 is 0 Å². The fraction of sp³-hybridized carbons (Fsp3) is 0.269. The number of hydrogen-bond acceptors (Lipinski definition) is 5. The van der Waals surface area contributed by atoms with E-state index in [9.17, 15) is 18.0 Å². The normalized spacial score (nSPS) is 17.6. The first-order valence-electron chi connectivity index (χ1n) is 11.5. The van der Waals surface area contributed by atoms with Gasteiger partial charge in [0.25, 0.3) is 0 Å². The molecule has 2 atom stereocenters.